The normalized spacial score (nSPS) is 11.9. The van der Waals surface area contributed by atoms with Crippen molar-refractivity contribution < 1.29 is 14.7 Å². The third-order valence-electron chi connectivity index (χ3n) is 3.13. The molecule has 2 aromatic rings. The number of Topliss-reactive ketones (excluding diaryl/α,β-unsaturated/α-hetero) is 1. The van der Waals surface area contributed by atoms with E-state index in [-0.39, 0.29) is 17.2 Å². The molecule has 0 saturated carbocycles. The van der Waals surface area contributed by atoms with Gasteiger partial charge in [-0.25, -0.2) is 0 Å². The Hall–Kier alpha value is -1.84. The monoisotopic (exact) mass is 322 g/mol. The van der Waals surface area contributed by atoms with E-state index in [4.69, 9.17) is 23.2 Å². The zero-order valence-corrected chi connectivity index (χ0v) is 12.4. The molecule has 0 radical (unpaired) electrons. The highest BCUT2D eigenvalue weighted by molar-refractivity contribution is 6.42. The Bertz CT molecular complexity index is 668. The molecule has 21 heavy (non-hydrogen) atoms. The zero-order chi connectivity index (χ0) is 15.4. The number of carboxylic acids is 1. The Labute approximate surface area is 132 Å². The number of hydrogen-bond acceptors (Lipinski definition) is 2. The summed E-state index contributed by atoms with van der Waals surface area (Å²) < 4.78 is 0. The summed E-state index contributed by atoms with van der Waals surface area (Å²) in [4.78, 5) is 23.6. The fraction of sp³-hybridized carbons (Fsp3) is 0.125. The highest BCUT2D eigenvalue weighted by Gasteiger charge is 2.24. The van der Waals surface area contributed by atoms with Crippen LogP contribution in [0.4, 0.5) is 0 Å². The molecule has 3 nitrogen and oxygen atoms in total. The number of halogens is 2. The minimum Gasteiger partial charge on any atom is -0.481 e. The van der Waals surface area contributed by atoms with Crippen LogP contribution < -0.4 is 0 Å². The maximum Gasteiger partial charge on any atom is 0.311 e. The standard InChI is InChI=1S/C16H12Cl2O3/c17-13-7-6-11(8-14(13)18)15(19)9-12(16(20)21)10-4-2-1-3-5-10/h1-8,12H,9H2,(H,20,21). The van der Waals surface area contributed by atoms with Crippen molar-refractivity contribution in [2.75, 3.05) is 0 Å². The number of benzene rings is 2. The van der Waals surface area contributed by atoms with Crippen molar-refractivity contribution in [2.45, 2.75) is 12.3 Å². The number of hydrogen-bond donors (Lipinski definition) is 1. The van der Waals surface area contributed by atoms with Gasteiger partial charge in [0.15, 0.2) is 5.78 Å². The number of ketones is 1. The smallest absolute Gasteiger partial charge is 0.311 e. The van der Waals surface area contributed by atoms with Gasteiger partial charge >= 0.3 is 5.97 Å². The van der Waals surface area contributed by atoms with Gasteiger partial charge in [-0.2, -0.15) is 0 Å². The van der Waals surface area contributed by atoms with Gasteiger partial charge in [-0.15, -0.1) is 0 Å². The molecule has 108 valence electrons. The highest BCUT2D eigenvalue weighted by atomic mass is 35.5. The van der Waals surface area contributed by atoms with E-state index in [0.717, 1.165) is 0 Å². The van der Waals surface area contributed by atoms with E-state index in [1.165, 1.54) is 12.1 Å². The molecule has 0 aliphatic carbocycles. The second-order valence-corrected chi connectivity index (χ2v) is 5.37. The maximum atomic E-state index is 12.2. The minimum atomic E-state index is -1.03. The number of carboxylic acid groups (broad SMARTS) is 1. The Morgan fingerprint density at radius 2 is 1.67 bits per heavy atom. The van der Waals surface area contributed by atoms with Crippen molar-refractivity contribution in [1.82, 2.24) is 0 Å². The SMILES string of the molecule is O=C(CC(C(=O)O)c1ccccc1)c1ccc(Cl)c(Cl)c1. The first-order valence-electron chi connectivity index (χ1n) is 6.25. The molecule has 1 atom stereocenters. The summed E-state index contributed by atoms with van der Waals surface area (Å²) in [6.07, 6.45) is -0.128. The van der Waals surface area contributed by atoms with Crippen LogP contribution in [0.5, 0.6) is 0 Å². The molecule has 0 aromatic heterocycles. The van der Waals surface area contributed by atoms with Crippen LogP contribution in [-0.2, 0) is 4.79 Å². The van der Waals surface area contributed by atoms with Gasteiger partial charge in [-0.1, -0.05) is 53.5 Å². The Morgan fingerprint density at radius 3 is 2.24 bits per heavy atom. The van der Waals surface area contributed by atoms with Crippen molar-refractivity contribution in [3.8, 4) is 0 Å². The van der Waals surface area contributed by atoms with Crippen molar-refractivity contribution in [1.29, 1.82) is 0 Å². The lowest BCUT2D eigenvalue weighted by atomic mass is 9.92. The summed E-state index contributed by atoms with van der Waals surface area (Å²) in [5.41, 5.74) is 0.949. The summed E-state index contributed by atoms with van der Waals surface area (Å²) in [5, 5.41) is 9.95. The molecule has 0 bridgehead atoms. The summed E-state index contributed by atoms with van der Waals surface area (Å²) in [7, 11) is 0. The van der Waals surface area contributed by atoms with E-state index >= 15 is 0 Å². The number of rotatable bonds is 5. The predicted octanol–water partition coefficient (Wildman–Crippen LogP) is 4.43. The quantitative estimate of drug-likeness (QED) is 0.828. The van der Waals surface area contributed by atoms with Crippen molar-refractivity contribution in [3.05, 3.63) is 69.7 Å². The molecular weight excluding hydrogens is 311 g/mol. The van der Waals surface area contributed by atoms with Crippen LogP contribution in [0.2, 0.25) is 10.0 Å². The molecule has 2 rings (SSSR count). The Balaban J connectivity index is 2.23. The minimum absolute atomic E-state index is 0.128. The molecule has 2 aromatic carbocycles. The van der Waals surface area contributed by atoms with E-state index < -0.39 is 11.9 Å². The van der Waals surface area contributed by atoms with E-state index in [0.29, 0.717) is 16.1 Å². The van der Waals surface area contributed by atoms with Crippen molar-refractivity contribution in [2.24, 2.45) is 0 Å². The predicted molar refractivity (Wildman–Crippen MR) is 82.2 cm³/mol. The van der Waals surface area contributed by atoms with Gasteiger partial charge in [-0.05, 0) is 23.8 Å². The molecule has 1 unspecified atom stereocenters. The largest absolute Gasteiger partial charge is 0.481 e. The first-order valence-corrected chi connectivity index (χ1v) is 7.00. The molecule has 0 amide bonds. The lowest BCUT2D eigenvalue weighted by molar-refractivity contribution is -0.138. The Kier molecular flexibility index (Phi) is 4.99. The molecule has 0 heterocycles. The first kappa shape index (κ1) is 15.5. The van der Waals surface area contributed by atoms with E-state index in [1.54, 1.807) is 36.4 Å². The second-order valence-electron chi connectivity index (χ2n) is 4.56. The average Bonchev–Trinajstić information content (AvgIpc) is 2.48. The van der Waals surface area contributed by atoms with E-state index in [9.17, 15) is 14.7 Å². The molecule has 0 aliphatic rings. The topological polar surface area (TPSA) is 54.4 Å². The number of aliphatic carboxylic acids is 1. The second kappa shape index (κ2) is 6.74. The van der Waals surface area contributed by atoms with Crippen LogP contribution in [0.1, 0.15) is 28.3 Å². The molecule has 0 aliphatic heterocycles. The summed E-state index contributed by atoms with van der Waals surface area (Å²) >= 11 is 11.7. The Morgan fingerprint density at radius 1 is 1.00 bits per heavy atom. The maximum absolute atomic E-state index is 12.2. The zero-order valence-electron chi connectivity index (χ0n) is 10.9. The van der Waals surface area contributed by atoms with Crippen LogP contribution in [0.3, 0.4) is 0 Å². The fourth-order valence-electron chi connectivity index (χ4n) is 2.01. The lowest BCUT2D eigenvalue weighted by Crippen LogP contribution is -2.16. The van der Waals surface area contributed by atoms with Crippen molar-refractivity contribution in [3.63, 3.8) is 0 Å². The molecule has 1 N–H and O–H groups in total. The summed E-state index contributed by atoms with van der Waals surface area (Å²) in [6, 6.07) is 13.2. The highest BCUT2D eigenvalue weighted by Crippen LogP contribution is 2.26. The van der Waals surface area contributed by atoms with E-state index in [1.807, 2.05) is 0 Å². The van der Waals surface area contributed by atoms with Gasteiger partial charge in [0.25, 0.3) is 0 Å². The van der Waals surface area contributed by atoms with Gasteiger partial charge in [-0.3, -0.25) is 9.59 Å². The van der Waals surface area contributed by atoms with Crippen LogP contribution in [0, 0.1) is 0 Å². The summed E-state index contributed by atoms with van der Waals surface area (Å²) in [6.45, 7) is 0. The van der Waals surface area contributed by atoms with Crippen LogP contribution in [0.15, 0.2) is 48.5 Å². The number of carbonyl (C=O) groups excluding carboxylic acids is 1. The molecule has 0 saturated heterocycles. The third-order valence-corrected chi connectivity index (χ3v) is 3.87. The van der Waals surface area contributed by atoms with Crippen molar-refractivity contribution >= 4 is 35.0 Å². The third kappa shape index (κ3) is 3.84. The van der Waals surface area contributed by atoms with Gasteiger partial charge in [0.1, 0.15) is 0 Å². The molecular formula is C16H12Cl2O3. The van der Waals surface area contributed by atoms with E-state index in [2.05, 4.69) is 0 Å². The number of carbonyl (C=O) groups is 2. The molecule has 0 fully saturated rings. The van der Waals surface area contributed by atoms with Crippen LogP contribution in [0.25, 0.3) is 0 Å². The van der Waals surface area contributed by atoms with Gasteiger partial charge in [0.05, 0.1) is 16.0 Å². The lowest BCUT2D eigenvalue weighted by Gasteiger charge is -2.12. The molecule has 0 spiro atoms. The van der Waals surface area contributed by atoms with Gasteiger partial charge in [0.2, 0.25) is 0 Å². The van der Waals surface area contributed by atoms with Gasteiger partial charge < -0.3 is 5.11 Å². The summed E-state index contributed by atoms with van der Waals surface area (Å²) in [5.74, 6) is -2.20. The van der Waals surface area contributed by atoms with Gasteiger partial charge in [0, 0.05) is 12.0 Å². The van der Waals surface area contributed by atoms with Crippen LogP contribution in [-0.4, -0.2) is 16.9 Å². The molecule has 5 heteroatoms. The average molecular weight is 323 g/mol. The van der Waals surface area contributed by atoms with Crippen LogP contribution >= 0.6 is 23.2 Å². The fourth-order valence-corrected chi connectivity index (χ4v) is 2.30. The first-order chi connectivity index (χ1) is 9.99.